The first kappa shape index (κ1) is 16.0. The van der Waals surface area contributed by atoms with E-state index < -0.39 is 11.9 Å². The molecule has 1 amide bonds. The third kappa shape index (κ3) is 4.88. The van der Waals surface area contributed by atoms with E-state index in [0.717, 1.165) is 12.5 Å². The van der Waals surface area contributed by atoms with Gasteiger partial charge in [-0.05, 0) is 37.5 Å². The van der Waals surface area contributed by atoms with Gasteiger partial charge in [0, 0.05) is 6.54 Å². The van der Waals surface area contributed by atoms with Crippen LogP contribution in [0.4, 0.5) is 10.1 Å². The van der Waals surface area contributed by atoms with Crippen molar-refractivity contribution in [1.29, 1.82) is 5.26 Å². The van der Waals surface area contributed by atoms with Gasteiger partial charge in [0.05, 0.1) is 17.3 Å². The summed E-state index contributed by atoms with van der Waals surface area (Å²) in [6.07, 6.45) is 0.906. The molecule has 0 radical (unpaired) electrons. The highest BCUT2D eigenvalue weighted by molar-refractivity contribution is 5.84. The van der Waals surface area contributed by atoms with E-state index in [1.165, 1.54) is 12.1 Å². The van der Waals surface area contributed by atoms with Crippen molar-refractivity contribution < 1.29 is 9.18 Å². The SMILES string of the molecule is CC(C)CCNC(=O)C(C)Nc1ccc(C#N)cc1F. The van der Waals surface area contributed by atoms with Gasteiger partial charge in [-0.1, -0.05) is 13.8 Å². The van der Waals surface area contributed by atoms with Crippen molar-refractivity contribution in [3.05, 3.63) is 29.6 Å². The molecular formula is C15H20FN3O. The fourth-order valence-electron chi connectivity index (χ4n) is 1.64. The zero-order valence-corrected chi connectivity index (χ0v) is 12.0. The lowest BCUT2D eigenvalue weighted by molar-refractivity contribution is -0.121. The number of carbonyl (C=O) groups excluding carboxylic acids is 1. The molecule has 0 heterocycles. The Morgan fingerprint density at radius 2 is 2.10 bits per heavy atom. The van der Waals surface area contributed by atoms with Crippen molar-refractivity contribution in [2.75, 3.05) is 11.9 Å². The van der Waals surface area contributed by atoms with Gasteiger partial charge in [-0.25, -0.2) is 4.39 Å². The summed E-state index contributed by atoms with van der Waals surface area (Å²) in [4.78, 5) is 11.8. The molecule has 5 heteroatoms. The molecule has 0 aliphatic rings. The van der Waals surface area contributed by atoms with Gasteiger partial charge in [0.25, 0.3) is 0 Å². The number of halogens is 1. The number of nitrogens with one attached hydrogen (secondary N) is 2. The summed E-state index contributed by atoms with van der Waals surface area (Å²) in [5.74, 6) is -0.185. The van der Waals surface area contributed by atoms with E-state index in [-0.39, 0.29) is 17.2 Å². The topological polar surface area (TPSA) is 64.9 Å². The van der Waals surface area contributed by atoms with E-state index in [9.17, 15) is 9.18 Å². The third-order valence-electron chi connectivity index (χ3n) is 2.88. The first-order chi connectivity index (χ1) is 9.43. The van der Waals surface area contributed by atoms with Crippen LogP contribution in [0.5, 0.6) is 0 Å². The number of hydrogen-bond donors (Lipinski definition) is 2. The Labute approximate surface area is 119 Å². The van der Waals surface area contributed by atoms with Crippen LogP contribution in [0.15, 0.2) is 18.2 Å². The Hall–Kier alpha value is -2.09. The summed E-state index contributed by atoms with van der Waals surface area (Å²) in [5.41, 5.74) is 0.470. The van der Waals surface area contributed by atoms with Crippen LogP contribution < -0.4 is 10.6 Å². The number of amides is 1. The number of benzene rings is 1. The number of carbonyl (C=O) groups is 1. The van der Waals surface area contributed by atoms with Crippen LogP contribution in [-0.2, 0) is 4.79 Å². The predicted octanol–water partition coefficient (Wildman–Crippen LogP) is 2.66. The van der Waals surface area contributed by atoms with Gasteiger partial charge < -0.3 is 10.6 Å². The minimum Gasteiger partial charge on any atom is -0.372 e. The average Bonchev–Trinajstić information content (AvgIpc) is 2.40. The summed E-state index contributed by atoms with van der Waals surface area (Å²) in [7, 11) is 0. The lowest BCUT2D eigenvalue weighted by Gasteiger charge is -2.16. The van der Waals surface area contributed by atoms with E-state index in [2.05, 4.69) is 24.5 Å². The third-order valence-corrected chi connectivity index (χ3v) is 2.88. The highest BCUT2D eigenvalue weighted by Gasteiger charge is 2.14. The Balaban J connectivity index is 2.55. The van der Waals surface area contributed by atoms with Crippen LogP contribution >= 0.6 is 0 Å². The molecule has 1 rings (SSSR count). The van der Waals surface area contributed by atoms with Crippen molar-refractivity contribution >= 4 is 11.6 Å². The fraction of sp³-hybridized carbons (Fsp3) is 0.467. The monoisotopic (exact) mass is 277 g/mol. The van der Waals surface area contributed by atoms with E-state index in [1.54, 1.807) is 6.92 Å². The standard InChI is InChI=1S/C15H20FN3O/c1-10(2)6-7-18-15(20)11(3)19-14-5-4-12(9-17)8-13(14)16/h4-5,8,10-11,19H,6-7H2,1-3H3,(H,18,20). The maximum atomic E-state index is 13.7. The molecule has 1 atom stereocenters. The molecule has 4 nitrogen and oxygen atoms in total. The highest BCUT2D eigenvalue weighted by atomic mass is 19.1. The smallest absolute Gasteiger partial charge is 0.242 e. The maximum Gasteiger partial charge on any atom is 0.242 e. The molecule has 1 unspecified atom stereocenters. The summed E-state index contributed by atoms with van der Waals surface area (Å²) in [5, 5.41) is 14.3. The summed E-state index contributed by atoms with van der Waals surface area (Å²) < 4.78 is 13.7. The van der Waals surface area contributed by atoms with Crippen LogP contribution in [0.1, 0.15) is 32.8 Å². The molecule has 0 saturated heterocycles. The van der Waals surface area contributed by atoms with Crippen LogP contribution in [0.3, 0.4) is 0 Å². The highest BCUT2D eigenvalue weighted by Crippen LogP contribution is 2.16. The van der Waals surface area contributed by atoms with E-state index >= 15 is 0 Å². The van der Waals surface area contributed by atoms with Crippen LogP contribution in [0, 0.1) is 23.1 Å². The molecule has 2 N–H and O–H groups in total. The van der Waals surface area contributed by atoms with Gasteiger partial charge in [-0.2, -0.15) is 5.26 Å². The van der Waals surface area contributed by atoms with Crippen LogP contribution in [0.25, 0.3) is 0 Å². The molecule has 0 bridgehead atoms. The van der Waals surface area contributed by atoms with Crippen molar-refractivity contribution in [3.8, 4) is 6.07 Å². The average molecular weight is 277 g/mol. The number of hydrogen-bond acceptors (Lipinski definition) is 3. The largest absolute Gasteiger partial charge is 0.372 e. The number of anilines is 1. The van der Waals surface area contributed by atoms with E-state index in [4.69, 9.17) is 5.26 Å². The number of nitriles is 1. The van der Waals surface area contributed by atoms with Crippen LogP contribution in [0.2, 0.25) is 0 Å². The fourth-order valence-corrected chi connectivity index (χ4v) is 1.64. The van der Waals surface area contributed by atoms with Crippen LogP contribution in [-0.4, -0.2) is 18.5 Å². The molecule has 1 aromatic rings. The van der Waals surface area contributed by atoms with Crippen molar-refractivity contribution in [1.82, 2.24) is 5.32 Å². The first-order valence-electron chi connectivity index (χ1n) is 6.68. The molecule has 0 aromatic heterocycles. The maximum absolute atomic E-state index is 13.7. The molecule has 108 valence electrons. The predicted molar refractivity (Wildman–Crippen MR) is 76.7 cm³/mol. The van der Waals surface area contributed by atoms with Gasteiger partial charge in [0.15, 0.2) is 0 Å². The molecule has 0 fully saturated rings. The zero-order chi connectivity index (χ0) is 15.1. The summed E-state index contributed by atoms with van der Waals surface area (Å²) in [6.45, 7) is 6.45. The van der Waals surface area contributed by atoms with Gasteiger partial charge >= 0.3 is 0 Å². The lowest BCUT2D eigenvalue weighted by Crippen LogP contribution is -2.38. The second-order valence-electron chi connectivity index (χ2n) is 5.15. The van der Waals surface area contributed by atoms with E-state index in [0.29, 0.717) is 12.5 Å². The summed E-state index contributed by atoms with van der Waals surface area (Å²) in [6, 6.07) is 5.44. The minimum atomic E-state index is -0.537. The first-order valence-corrected chi connectivity index (χ1v) is 6.68. The quantitative estimate of drug-likeness (QED) is 0.840. The Morgan fingerprint density at radius 3 is 2.65 bits per heavy atom. The molecule has 20 heavy (non-hydrogen) atoms. The number of rotatable bonds is 6. The molecule has 1 aromatic carbocycles. The second kappa shape index (κ2) is 7.49. The summed E-state index contributed by atoms with van der Waals surface area (Å²) >= 11 is 0. The normalized spacial score (nSPS) is 11.8. The van der Waals surface area contributed by atoms with Gasteiger partial charge in [-0.15, -0.1) is 0 Å². The Bertz CT molecular complexity index is 508. The molecule has 0 aliphatic heterocycles. The zero-order valence-electron chi connectivity index (χ0n) is 12.0. The van der Waals surface area contributed by atoms with Crippen molar-refractivity contribution in [3.63, 3.8) is 0 Å². The number of nitrogens with zero attached hydrogens (tertiary/aromatic N) is 1. The molecule has 0 saturated carbocycles. The van der Waals surface area contributed by atoms with Crippen molar-refractivity contribution in [2.45, 2.75) is 33.2 Å². The minimum absolute atomic E-state index is 0.172. The van der Waals surface area contributed by atoms with Gasteiger partial charge in [0.1, 0.15) is 11.9 Å². The second-order valence-corrected chi connectivity index (χ2v) is 5.15. The van der Waals surface area contributed by atoms with Gasteiger partial charge in [0.2, 0.25) is 5.91 Å². The van der Waals surface area contributed by atoms with E-state index in [1.807, 2.05) is 6.07 Å². The Morgan fingerprint density at radius 1 is 1.40 bits per heavy atom. The lowest BCUT2D eigenvalue weighted by atomic mass is 10.1. The molecular weight excluding hydrogens is 257 g/mol. The van der Waals surface area contributed by atoms with Gasteiger partial charge in [-0.3, -0.25) is 4.79 Å². The molecule has 0 spiro atoms. The molecule has 0 aliphatic carbocycles. The Kier molecular flexibility index (Phi) is 5.98. The van der Waals surface area contributed by atoms with Crippen molar-refractivity contribution in [2.24, 2.45) is 5.92 Å².